The van der Waals surface area contributed by atoms with Crippen molar-refractivity contribution in [1.29, 1.82) is 0 Å². The summed E-state index contributed by atoms with van der Waals surface area (Å²) in [5, 5.41) is 9.57. The van der Waals surface area contributed by atoms with Crippen molar-refractivity contribution in [2.45, 2.75) is 79.2 Å². The zero-order valence-corrected chi connectivity index (χ0v) is 24.5. The van der Waals surface area contributed by atoms with Crippen molar-refractivity contribution < 1.29 is 18.3 Å². The highest BCUT2D eigenvalue weighted by molar-refractivity contribution is 8.00. The van der Waals surface area contributed by atoms with Crippen LogP contribution in [0.25, 0.3) is 0 Å². The number of unbranched alkanes of at least 4 members (excludes halogenated alkanes) is 1. The predicted octanol–water partition coefficient (Wildman–Crippen LogP) is 6.62. The van der Waals surface area contributed by atoms with Gasteiger partial charge in [0.25, 0.3) is 0 Å². The third-order valence-corrected chi connectivity index (χ3v) is 11.4. The molecule has 3 rings (SSSR count). The van der Waals surface area contributed by atoms with Crippen LogP contribution in [-0.4, -0.2) is 53.9 Å². The fourth-order valence-corrected chi connectivity index (χ4v) is 8.01. The SMILES string of the molecule is CCCCC1(CC)CN(c2ccccc2)c2cc(SC)c(CSC(C)(C)C(=O)O)cc2S(=O)(=O)N1C. The molecule has 9 heteroatoms. The lowest BCUT2D eigenvalue weighted by Gasteiger charge is -2.41. The normalized spacial score (nSPS) is 20.1. The van der Waals surface area contributed by atoms with Gasteiger partial charge in [0, 0.05) is 29.9 Å². The Labute approximate surface area is 224 Å². The molecule has 0 fully saturated rings. The first-order chi connectivity index (χ1) is 16.9. The molecule has 1 aliphatic rings. The maximum atomic E-state index is 14.2. The maximum absolute atomic E-state index is 14.2. The number of fused-ring (bicyclic) bond motifs is 1. The molecular formula is C27H38N2O4S3. The number of rotatable bonds is 10. The molecule has 2 aromatic carbocycles. The number of carbonyl (C=O) groups is 1. The Kier molecular flexibility index (Phi) is 9.13. The van der Waals surface area contributed by atoms with Gasteiger partial charge in [0.15, 0.2) is 0 Å². The van der Waals surface area contributed by atoms with Crippen molar-refractivity contribution in [2.75, 3.05) is 24.7 Å². The second kappa shape index (κ2) is 11.4. The standard InChI is InChI=1S/C27H38N2O4S3/c1-7-9-15-27(8-2)19-29(21-13-11-10-12-14-21)22-17-23(34-6)20(18-35-26(3,4)25(30)31)16-24(22)36(32,33)28(27)5/h10-14,16-17H,7-9,15,18-19H2,1-6H3,(H,30,31). The number of nitrogens with zero attached hydrogens (tertiary/aromatic N) is 2. The number of anilines is 2. The van der Waals surface area contributed by atoms with E-state index in [-0.39, 0.29) is 4.90 Å². The molecule has 0 saturated heterocycles. The van der Waals surface area contributed by atoms with Crippen LogP contribution in [-0.2, 0) is 20.6 Å². The van der Waals surface area contributed by atoms with Crippen LogP contribution in [0, 0.1) is 0 Å². The van der Waals surface area contributed by atoms with Gasteiger partial charge in [-0.05, 0) is 62.8 Å². The number of hydrogen-bond acceptors (Lipinski definition) is 6. The Morgan fingerprint density at radius 1 is 1.17 bits per heavy atom. The lowest BCUT2D eigenvalue weighted by atomic mass is 9.88. The van der Waals surface area contributed by atoms with Crippen molar-refractivity contribution in [2.24, 2.45) is 0 Å². The number of likely N-dealkylation sites (N-methyl/N-ethyl adjacent to an activating group) is 1. The van der Waals surface area contributed by atoms with Crippen LogP contribution >= 0.6 is 23.5 Å². The Morgan fingerprint density at radius 2 is 1.83 bits per heavy atom. The van der Waals surface area contributed by atoms with Gasteiger partial charge in [-0.25, -0.2) is 8.42 Å². The Balaban J connectivity index is 2.25. The molecule has 198 valence electrons. The van der Waals surface area contributed by atoms with Gasteiger partial charge >= 0.3 is 5.97 Å². The largest absolute Gasteiger partial charge is 0.480 e. The monoisotopic (exact) mass is 550 g/mol. The summed E-state index contributed by atoms with van der Waals surface area (Å²) < 4.78 is 29.0. The third kappa shape index (κ3) is 5.59. The van der Waals surface area contributed by atoms with E-state index in [1.165, 1.54) is 11.8 Å². The molecule has 2 aromatic rings. The molecule has 1 unspecified atom stereocenters. The number of sulfonamides is 1. The summed E-state index contributed by atoms with van der Waals surface area (Å²) >= 11 is 2.86. The minimum absolute atomic E-state index is 0.280. The van der Waals surface area contributed by atoms with Gasteiger partial charge in [-0.1, -0.05) is 44.9 Å². The quantitative estimate of drug-likeness (QED) is 0.333. The van der Waals surface area contributed by atoms with E-state index in [2.05, 4.69) is 18.7 Å². The Bertz CT molecular complexity index is 1190. The van der Waals surface area contributed by atoms with Crippen LogP contribution in [0.4, 0.5) is 11.4 Å². The fraction of sp³-hybridized carbons (Fsp3) is 0.519. The van der Waals surface area contributed by atoms with Gasteiger partial charge in [-0.3, -0.25) is 4.79 Å². The van der Waals surface area contributed by atoms with E-state index in [0.29, 0.717) is 24.4 Å². The summed E-state index contributed by atoms with van der Waals surface area (Å²) in [4.78, 5) is 15.1. The fourth-order valence-electron chi connectivity index (χ4n) is 4.61. The first-order valence-corrected chi connectivity index (χ1v) is 16.0. The van der Waals surface area contributed by atoms with E-state index >= 15 is 0 Å². The maximum Gasteiger partial charge on any atom is 0.319 e. The molecule has 0 amide bonds. The summed E-state index contributed by atoms with van der Waals surface area (Å²) in [5.74, 6) is -0.485. The second-order valence-electron chi connectivity index (χ2n) is 9.81. The molecule has 1 atom stereocenters. The summed E-state index contributed by atoms with van der Waals surface area (Å²) in [6.07, 6.45) is 5.38. The van der Waals surface area contributed by atoms with Crippen molar-refractivity contribution in [3.8, 4) is 0 Å². The van der Waals surface area contributed by atoms with Crippen LogP contribution in [0.5, 0.6) is 0 Å². The molecule has 0 bridgehead atoms. The molecule has 1 aliphatic heterocycles. The Morgan fingerprint density at radius 3 is 2.39 bits per heavy atom. The molecular weight excluding hydrogens is 513 g/mol. The van der Waals surface area contributed by atoms with Crippen molar-refractivity contribution in [1.82, 2.24) is 4.31 Å². The number of hydrogen-bond donors (Lipinski definition) is 1. The summed E-state index contributed by atoms with van der Waals surface area (Å²) in [6.45, 7) is 8.11. The van der Waals surface area contributed by atoms with Crippen molar-refractivity contribution in [3.63, 3.8) is 0 Å². The highest BCUT2D eigenvalue weighted by atomic mass is 32.2. The van der Waals surface area contributed by atoms with Gasteiger partial charge < -0.3 is 10.0 Å². The number of benzene rings is 2. The van der Waals surface area contributed by atoms with Crippen molar-refractivity contribution >= 4 is 50.9 Å². The molecule has 0 aromatic heterocycles. The van der Waals surface area contributed by atoms with Gasteiger partial charge in [0.05, 0.1) is 11.2 Å². The van der Waals surface area contributed by atoms with E-state index in [4.69, 9.17) is 0 Å². The number of carboxylic acids is 1. The van der Waals surface area contributed by atoms with Crippen molar-refractivity contribution in [3.05, 3.63) is 48.0 Å². The van der Waals surface area contributed by atoms with Crippen LogP contribution in [0.15, 0.2) is 52.3 Å². The van der Waals surface area contributed by atoms with E-state index in [0.717, 1.165) is 35.4 Å². The first kappa shape index (κ1) is 28.9. The lowest BCUT2D eigenvalue weighted by Crippen LogP contribution is -2.53. The average Bonchev–Trinajstić information content (AvgIpc) is 2.93. The van der Waals surface area contributed by atoms with Crippen LogP contribution in [0.1, 0.15) is 58.9 Å². The predicted molar refractivity (Wildman–Crippen MR) is 152 cm³/mol. The minimum Gasteiger partial charge on any atom is -0.480 e. The molecule has 0 spiro atoms. The molecule has 1 N–H and O–H groups in total. The number of carboxylic acid groups (broad SMARTS) is 1. The molecule has 0 saturated carbocycles. The van der Waals surface area contributed by atoms with E-state index in [1.807, 2.05) is 42.7 Å². The van der Waals surface area contributed by atoms with Gasteiger partial charge in [0.1, 0.15) is 9.64 Å². The smallest absolute Gasteiger partial charge is 0.319 e. The molecule has 1 heterocycles. The van der Waals surface area contributed by atoms with Crippen LogP contribution in [0.3, 0.4) is 0 Å². The topological polar surface area (TPSA) is 77.9 Å². The van der Waals surface area contributed by atoms with Crippen LogP contribution < -0.4 is 4.90 Å². The molecule has 0 radical (unpaired) electrons. The van der Waals surface area contributed by atoms with E-state index < -0.39 is 26.3 Å². The van der Waals surface area contributed by atoms with Crippen LogP contribution in [0.2, 0.25) is 0 Å². The minimum atomic E-state index is -3.81. The van der Waals surface area contributed by atoms with Gasteiger partial charge in [-0.15, -0.1) is 23.5 Å². The molecule has 0 aliphatic carbocycles. The zero-order valence-electron chi connectivity index (χ0n) is 22.1. The first-order valence-electron chi connectivity index (χ1n) is 12.3. The summed E-state index contributed by atoms with van der Waals surface area (Å²) in [5.41, 5.74) is 1.92. The van der Waals surface area contributed by atoms with Gasteiger partial charge in [-0.2, -0.15) is 4.31 Å². The number of aliphatic carboxylic acids is 1. The number of thioether (sulfide) groups is 2. The van der Waals surface area contributed by atoms with E-state index in [9.17, 15) is 18.3 Å². The highest BCUT2D eigenvalue weighted by Crippen LogP contribution is 2.46. The van der Waals surface area contributed by atoms with E-state index in [1.54, 1.807) is 43.0 Å². The molecule has 6 nitrogen and oxygen atoms in total. The zero-order chi connectivity index (χ0) is 26.7. The highest BCUT2D eigenvalue weighted by Gasteiger charge is 2.46. The van der Waals surface area contributed by atoms with Gasteiger partial charge in [0.2, 0.25) is 10.0 Å². The average molecular weight is 551 g/mol. The second-order valence-corrected chi connectivity index (χ2v) is 14.2. The molecule has 36 heavy (non-hydrogen) atoms. The lowest BCUT2D eigenvalue weighted by molar-refractivity contribution is -0.138. The summed E-state index contributed by atoms with van der Waals surface area (Å²) in [7, 11) is -2.09. The number of para-hydroxylation sites is 1. The third-order valence-electron chi connectivity index (χ3n) is 7.24. The Hall–Kier alpha value is -1.68. The summed E-state index contributed by atoms with van der Waals surface area (Å²) in [6, 6.07) is 13.7.